The Hall–Kier alpha value is -0.450. The van der Waals surface area contributed by atoms with E-state index in [0.29, 0.717) is 6.42 Å². The SMILES string of the molecule is CN1CCCC(Cc2nc(CCO)cs2)C1. The van der Waals surface area contributed by atoms with Crippen molar-refractivity contribution < 1.29 is 5.11 Å². The molecule has 16 heavy (non-hydrogen) atoms. The van der Waals surface area contributed by atoms with Crippen molar-refractivity contribution in [2.75, 3.05) is 26.7 Å². The minimum Gasteiger partial charge on any atom is -0.396 e. The summed E-state index contributed by atoms with van der Waals surface area (Å²) in [4.78, 5) is 6.97. The van der Waals surface area contributed by atoms with Crippen molar-refractivity contribution in [1.82, 2.24) is 9.88 Å². The Labute approximate surface area is 101 Å². The van der Waals surface area contributed by atoms with E-state index in [4.69, 9.17) is 5.11 Å². The highest BCUT2D eigenvalue weighted by atomic mass is 32.1. The van der Waals surface area contributed by atoms with Crippen LogP contribution in [0.4, 0.5) is 0 Å². The molecule has 1 saturated heterocycles. The highest BCUT2D eigenvalue weighted by molar-refractivity contribution is 7.09. The van der Waals surface area contributed by atoms with E-state index in [0.717, 1.165) is 18.0 Å². The molecule has 1 aliphatic heterocycles. The Bertz CT molecular complexity index is 327. The van der Waals surface area contributed by atoms with Gasteiger partial charge in [0.25, 0.3) is 0 Å². The molecule has 1 unspecified atom stereocenters. The van der Waals surface area contributed by atoms with Gasteiger partial charge in [-0.1, -0.05) is 0 Å². The first-order chi connectivity index (χ1) is 7.78. The number of aliphatic hydroxyl groups excluding tert-OH is 1. The number of aromatic nitrogens is 1. The maximum atomic E-state index is 8.84. The van der Waals surface area contributed by atoms with Crippen molar-refractivity contribution in [3.63, 3.8) is 0 Å². The molecule has 1 atom stereocenters. The largest absolute Gasteiger partial charge is 0.396 e. The van der Waals surface area contributed by atoms with E-state index < -0.39 is 0 Å². The van der Waals surface area contributed by atoms with Gasteiger partial charge in [0.05, 0.1) is 10.7 Å². The normalized spacial score (nSPS) is 22.5. The van der Waals surface area contributed by atoms with E-state index >= 15 is 0 Å². The Morgan fingerprint density at radius 2 is 2.50 bits per heavy atom. The third-order valence-electron chi connectivity index (χ3n) is 3.15. The molecule has 1 fully saturated rings. The summed E-state index contributed by atoms with van der Waals surface area (Å²) in [6.45, 7) is 2.65. The van der Waals surface area contributed by atoms with Crippen LogP contribution in [0.1, 0.15) is 23.5 Å². The molecule has 0 amide bonds. The van der Waals surface area contributed by atoms with E-state index in [9.17, 15) is 0 Å². The van der Waals surface area contributed by atoms with Crippen LogP contribution in [-0.4, -0.2) is 41.7 Å². The van der Waals surface area contributed by atoms with Crippen molar-refractivity contribution in [3.05, 3.63) is 16.1 Å². The van der Waals surface area contributed by atoms with Crippen molar-refractivity contribution in [2.24, 2.45) is 5.92 Å². The minimum absolute atomic E-state index is 0.204. The summed E-state index contributed by atoms with van der Waals surface area (Å²) in [5.41, 5.74) is 1.05. The van der Waals surface area contributed by atoms with E-state index in [2.05, 4.69) is 22.3 Å². The zero-order valence-electron chi connectivity index (χ0n) is 9.85. The topological polar surface area (TPSA) is 36.4 Å². The number of nitrogens with zero attached hydrogens (tertiary/aromatic N) is 2. The van der Waals surface area contributed by atoms with E-state index in [1.165, 1.54) is 30.9 Å². The molecule has 90 valence electrons. The van der Waals surface area contributed by atoms with Crippen LogP contribution in [0.15, 0.2) is 5.38 Å². The molecule has 0 spiro atoms. The fourth-order valence-electron chi connectivity index (χ4n) is 2.36. The van der Waals surface area contributed by atoms with Crippen molar-refractivity contribution in [2.45, 2.75) is 25.7 Å². The molecule has 3 nitrogen and oxygen atoms in total. The zero-order valence-corrected chi connectivity index (χ0v) is 10.7. The fraction of sp³-hybridized carbons (Fsp3) is 0.750. The Morgan fingerprint density at radius 1 is 1.62 bits per heavy atom. The third kappa shape index (κ3) is 3.27. The first kappa shape index (κ1) is 12.0. The first-order valence-electron chi connectivity index (χ1n) is 6.00. The number of hydrogen-bond donors (Lipinski definition) is 1. The summed E-state index contributed by atoms with van der Waals surface area (Å²) in [5.74, 6) is 0.770. The molecule has 1 aliphatic rings. The van der Waals surface area contributed by atoms with E-state index in [-0.39, 0.29) is 6.61 Å². The van der Waals surface area contributed by atoms with Crippen LogP contribution in [0.2, 0.25) is 0 Å². The highest BCUT2D eigenvalue weighted by Gasteiger charge is 2.18. The summed E-state index contributed by atoms with van der Waals surface area (Å²) >= 11 is 1.74. The van der Waals surface area contributed by atoms with Gasteiger partial charge in [-0.15, -0.1) is 11.3 Å². The number of thiazole rings is 1. The predicted molar refractivity (Wildman–Crippen MR) is 66.8 cm³/mol. The van der Waals surface area contributed by atoms with Crippen LogP contribution in [0, 0.1) is 5.92 Å². The van der Waals surface area contributed by atoms with Crippen LogP contribution in [0.25, 0.3) is 0 Å². The third-order valence-corrected chi connectivity index (χ3v) is 4.07. The van der Waals surface area contributed by atoms with Gasteiger partial charge in [-0.3, -0.25) is 0 Å². The Balaban J connectivity index is 1.87. The lowest BCUT2D eigenvalue weighted by Gasteiger charge is -2.29. The predicted octanol–water partition coefficient (Wildman–Crippen LogP) is 1.56. The van der Waals surface area contributed by atoms with Crippen LogP contribution in [-0.2, 0) is 12.8 Å². The van der Waals surface area contributed by atoms with E-state index in [1.807, 2.05) is 0 Å². The smallest absolute Gasteiger partial charge is 0.0931 e. The second kappa shape index (κ2) is 5.75. The number of hydrogen-bond acceptors (Lipinski definition) is 4. The molecule has 0 saturated carbocycles. The van der Waals surface area contributed by atoms with Gasteiger partial charge >= 0.3 is 0 Å². The summed E-state index contributed by atoms with van der Waals surface area (Å²) in [7, 11) is 2.20. The van der Waals surface area contributed by atoms with Crippen molar-refractivity contribution in [3.8, 4) is 0 Å². The molecule has 1 aromatic heterocycles. The number of aliphatic hydroxyl groups is 1. The average Bonchev–Trinajstić information content (AvgIpc) is 2.66. The number of piperidine rings is 1. The quantitative estimate of drug-likeness (QED) is 0.867. The molecule has 2 heterocycles. The zero-order chi connectivity index (χ0) is 11.4. The second-order valence-corrected chi connectivity index (χ2v) is 5.62. The maximum absolute atomic E-state index is 8.84. The lowest BCUT2D eigenvalue weighted by Crippen LogP contribution is -2.32. The molecule has 2 rings (SSSR count). The van der Waals surface area contributed by atoms with Gasteiger partial charge in [-0.2, -0.15) is 0 Å². The Kier molecular flexibility index (Phi) is 4.32. The summed E-state index contributed by atoms with van der Waals surface area (Å²) < 4.78 is 0. The second-order valence-electron chi connectivity index (χ2n) is 4.68. The first-order valence-corrected chi connectivity index (χ1v) is 6.88. The molecule has 1 N–H and O–H groups in total. The molecule has 1 aromatic rings. The minimum atomic E-state index is 0.204. The number of likely N-dealkylation sites (tertiary alicyclic amines) is 1. The molecular formula is C12H20N2OS. The van der Waals surface area contributed by atoms with Gasteiger partial charge in [-0.05, 0) is 32.4 Å². The van der Waals surface area contributed by atoms with E-state index in [1.54, 1.807) is 11.3 Å². The van der Waals surface area contributed by atoms with Crippen LogP contribution in [0.3, 0.4) is 0 Å². The van der Waals surface area contributed by atoms with Gasteiger partial charge in [0.2, 0.25) is 0 Å². The van der Waals surface area contributed by atoms with Crippen LogP contribution >= 0.6 is 11.3 Å². The number of rotatable bonds is 4. The standard InChI is InChI=1S/C12H20N2OS/c1-14-5-2-3-10(8-14)7-12-13-11(4-6-15)9-16-12/h9-10,15H,2-8H2,1H3. The monoisotopic (exact) mass is 240 g/mol. The molecule has 4 heteroatoms. The van der Waals surface area contributed by atoms with Gasteiger partial charge in [0, 0.05) is 31.4 Å². The van der Waals surface area contributed by atoms with Crippen LogP contribution in [0.5, 0.6) is 0 Å². The average molecular weight is 240 g/mol. The molecule has 0 aromatic carbocycles. The molecular weight excluding hydrogens is 220 g/mol. The van der Waals surface area contributed by atoms with Gasteiger partial charge in [0.1, 0.15) is 0 Å². The van der Waals surface area contributed by atoms with Gasteiger partial charge < -0.3 is 10.0 Å². The lowest BCUT2D eigenvalue weighted by atomic mass is 9.95. The molecule has 0 bridgehead atoms. The highest BCUT2D eigenvalue weighted by Crippen LogP contribution is 2.21. The summed E-state index contributed by atoms with van der Waals surface area (Å²) in [5, 5.41) is 12.2. The van der Waals surface area contributed by atoms with Crippen molar-refractivity contribution >= 4 is 11.3 Å². The van der Waals surface area contributed by atoms with Gasteiger partial charge in [-0.25, -0.2) is 4.98 Å². The molecule has 0 radical (unpaired) electrons. The van der Waals surface area contributed by atoms with Crippen LogP contribution < -0.4 is 0 Å². The summed E-state index contributed by atoms with van der Waals surface area (Å²) in [6.07, 6.45) is 4.46. The Morgan fingerprint density at radius 3 is 3.25 bits per heavy atom. The molecule has 0 aliphatic carbocycles. The fourth-order valence-corrected chi connectivity index (χ4v) is 3.30. The summed E-state index contributed by atoms with van der Waals surface area (Å²) in [6, 6.07) is 0. The van der Waals surface area contributed by atoms with Gasteiger partial charge in [0.15, 0.2) is 0 Å². The maximum Gasteiger partial charge on any atom is 0.0931 e. The lowest BCUT2D eigenvalue weighted by molar-refractivity contribution is 0.209. The van der Waals surface area contributed by atoms with Crippen molar-refractivity contribution in [1.29, 1.82) is 0 Å².